The first-order chi connectivity index (χ1) is 12.1. The molecule has 128 valence electrons. The third-order valence-corrected chi connectivity index (χ3v) is 6.63. The van der Waals surface area contributed by atoms with E-state index in [0.29, 0.717) is 5.92 Å². The van der Waals surface area contributed by atoms with Gasteiger partial charge in [0.25, 0.3) is 0 Å². The van der Waals surface area contributed by atoms with Gasteiger partial charge in [0.15, 0.2) is 0 Å². The van der Waals surface area contributed by atoms with E-state index in [9.17, 15) is 0 Å². The maximum absolute atomic E-state index is 4.35. The Labute approximate surface area is 159 Å². The van der Waals surface area contributed by atoms with Crippen LogP contribution in [0.25, 0.3) is 0 Å². The fourth-order valence-corrected chi connectivity index (χ4v) is 4.17. The summed E-state index contributed by atoms with van der Waals surface area (Å²) in [4.78, 5) is 0. The standard InChI is InChI=1S/C23H25PS/c1-18(16-19-12-14-20(17-25)15-13-19)23(24,21-8-4-2-5-9-21)22-10-6-3-7-11-22/h2-15,18,25H,16-17,24H2,1H3. The van der Waals surface area contributed by atoms with Crippen LogP contribution in [-0.4, -0.2) is 0 Å². The van der Waals surface area contributed by atoms with E-state index >= 15 is 0 Å². The molecule has 0 aliphatic heterocycles. The Kier molecular flexibility index (Phi) is 5.99. The molecule has 2 atom stereocenters. The molecule has 2 unspecified atom stereocenters. The highest BCUT2D eigenvalue weighted by Gasteiger charge is 2.35. The van der Waals surface area contributed by atoms with E-state index in [4.69, 9.17) is 0 Å². The van der Waals surface area contributed by atoms with Crippen molar-refractivity contribution in [2.75, 3.05) is 0 Å². The number of hydrogen-bond donors (Lipinski definition) is 1. The molecule has 0 amide bonds. The van der Waals surface area contributed by atoms with Crippen molar-refractivity contribution < 1.29 is 0 Å². The minimum Gasteiger partial charge on any atom is -0.175 e. The van der Waals surface area contributed by atoms with Crippen LogP contribution >= 0.6 is 21.9 Å². The van der Waals surface area contributed by atoms with Crippen molar-refractivity contribution in [3.05, 3.63) is 107 Å². The average molecular weight is 364 g/mol. The zero-order valence-corrected chi connectivity index (χ0v) is 16.6. The molecule has 3 aromatic carbocycles. The van der Waals surface area contributed by atoms with E-state index < -0.39 is 0 Å². The predicted molar refractivity (Wildman–Crippen MR) is 115 cm³/mol. The van der Waals surface area contributed by atoms with Crippen molar-refractivity contribution in [2.24, 2.45) is 5.92 Å². The van der Waals surface area contributed by atoms with Gasteiger partial charge in [-0.05, 0) is 34.6 Å². The number of rotatable bonds is 6. The van der Waals surface area contributed by atoms with Crippen molar-refractivity contribution in [3.8, 4) is 0 Å². The van der Waals surface area contributed by atoms with Crippen LogP contribution in [0.5, 0.6) is 0 Å². The van der Waals surface area contributed by atoms with Gasteiger partial charge < -0.3 is 0 Å². The Morgan fingerprint density at radius 2 is 1.20 bits per heavy atom. The van der Waals surface area contributed by atoms with Crippen LogP contribution < -0.4 is 0 Å². The van der Waals surface area contributed by atoms with Gasteiger partial charge in [0.2, 0.25) is 0 Å². The fraction of sp³-hybridized carbons (Fsp3) is 0.217. The van der Waals surface area contributed by atoms with Gasteiger partial charge in [0, 0.05) is 10.9 Å². The van der Waals surface area contributed by atoms with Crippen molar-refractivity contribution in [1.82, 2.24) is 0 Å². The lowest BCUT2D eigenvalue weighted by molar-refractivity contribution is 0.468. The third kappa shape index (κ3) is 4.00. The van der Waals surface area contributed by atoms with Gasteiger partial charge in [-0.25, -0.2) is 0 Å². The van der Waals surface area contributed by atoms with Crippen LogP contribution in [0.4, 0.5) is 0 Å². The lowest BCUT2D eigenvalue weighted by atomic mass is 9.77. The molecule has 0 bridgehead atoms. The molecule has 0 N–H and O–H groups in total. The van der Waals surface area contributed by atoms with Crippen LogP contribution in [-0.2, 0) is 17.3 Å². The van der Waals surface area contributed by atoms with Crippen LogP contribution in [0.2, 0.25) is 0 Å². The maximum Gasteiger partial charge on any atom is 0.0372 e. The molecule has 3 aromatic rings. The Balaban J connectivity index is 1.96. The second-order valence-electron chi connectivity index (χ2n) is 6.68. The topological polar surface area (TPSA) is 0 Å². The number of thiol groups is 1. The van der Waals surface area contributed by atoms with E-state index in [1.54, 1.807) is 0 Å². The van der Waals surface area contributed by atoms with Crippen molar-refractivity contribution in [3.63, 3.8) is 0 Å². The van der Waals surface area contributed by atoms with Crippen molar-refractivity contribution in [2.45, 2.75) is 24.3 Å². The lowest BCUT2D eigenvalue weighted by Crippen LogP contribution is -2.30. The SMILES string of the molecule is CC(Cc1ccc(CS)cc1)C(P)(c1ccccc1)c1ccccc1. The second-order valence-corrected chi connectivity index (χ2v) is 7.91. The van der Waals surface area contributed by atoms with E-state index in [1.807, 2.05) is 0 Å². The van der Waals surface area contributed by atoms with E-state index in [-0.39, 0.29) is 5.16 Å². The summed E-state index contributed by atoms with van der Waals surface area (Å²) >= 11 is 4.35. The van der Waals surface area contributed by atoms with E-state index in [1.165, 1.54) is 22.3 Å². The molecule has 0 heterocycles. The molecule has 0 aliphatic rings. The van der Waals surface area contributed by atoms with Crippen molar-refractivity contribution >= 4 is 21.9 Å². The van der Waals surface area contributed by atoms with Crippen molar-refractivity contribution in [1.29, 1.82) is 0 Å². The molecule has 0 nitrogen and oxygen atoms in total. The number of hydrogen-bond acceptors (Lipinski definition) is 1. The molecule has 0 aliphatic carbocycles. The fourth-order valence-electron chi connectivity index (χ4n) is 3.46. The quantitative estimate of drug-likeness (QED) is 0.396. The number of benzene rings is 3. The normalized spacial score (nSPS) is 12.8. The van der Waals surface area contributed by atoms with Gasteiger partial charge in [0.1, 0.15) is 0 Å². The maximum atomic E-state index is 4.35. The second kappa shape index (κ2) is 8.21. The molecule has 0 saturated heterocycles. The molecule has 0 saturated carbocycles. The van der Waals surface area contributed by atoms with Crippen LogP contribution in [0, 0.1) is 5.92 Å². The van der Waals surface area contributed by atoms with Gasteiger partial charge in [0.05, 0.1) is 0 Å². The molecular formula is C23H25PS. The highest BCUT2D eigenvalue weighted by molar-refractivity contribution is 7.79. The zero-order valence-electron chi connectivity index (χ0n) is 14.6. The molecule has 25 heavy (non-hydrogen) atoms. The van der Waals surface area contributed by atoms with Crippen LogP contribution in [0.1, 0.15) is 29.2 Å². The summed E-state index contributed by atoms with van der Waals surface area (Å²) in [5.41, 5.74) is 5.32. The first-order valence-corrected chi connectivity index (χ1v) is 9.94. The largest absolute Gasteiger partial charge is 0.175 e. The lowest BCUT2D eigenvalue weighted by Gasteiger charge is -2.37. The minimum absolute atomic E-state index is 0.106. The van der Waals surface area contributed by atoms with Gasteiger partial charge in [-0.2, -0.15) is 12.6 Å². The smallest absolute Gasteiger partial charge is 0.0372 e. The molecule has 2 heteroatoms. The summed E-state index contributed by atoms with van der Waals surface area (Å²) in [6.45, 7) is 2.35. The summed E-state index contributed by atoms with van der Waals surface area (Å²) in [7, 11) is 3.16. The minimum atomic E-state index is -0.106. The van der Waals surface area contributed by atoms with E-state index in [0.717, 1.165) is 12.2 Å². The first-order valence-electron chi connectivity index (χ1n) is 8.73. The van der Waals surface area contributed by atoms with Crippen LogP contribution in [0.15, 0.2) is 84.9 Å². The summed E-state index contributed by atoms with van der Waals surface area (Å²) in [6, 6.07) is 30.5. The van der Waals surface area contributed by atoms with Gasteiger partial charge in [-0.15, -0.1) is 9.24 Å². The van der Waals surface area contributed by atoms with Gasteiger partial charge >= 0.3 is 0 Å². The highest BCUT2D eigenvalue weighted by atomic mass is 32.1. The Morgan fingerprint density at radius 3 is 1.64 bits per heavy atom. The van der Waals surface area contributed by atoms with Gasteiger partial charge in [-0.1, -0.05) is 91.9 Å². The Bertz CT molecular complexity index is 742. The highest BCUT2D eigenvalue weighted by Crippen LogP contribution is 2.46. The molecule has 0 radical (unpaired) electrons. The summed E-state index contributed by atoms with van der Waals surface area (Å²) in [5, 5.41) is -0.106. The van der Waals surface area contributed by atoms with Gasteiger partial charge in [-0.3, -0.25) is 0 Å². The summed E-state index contributed by atoms with van der Waals surface area (Å²) < 4.78 is 0. The molecule has 0 fully saturated rings. The Hall–Kier alpha value is -1.56. The predicted octanol–water partition coefficient (Wildman–Crippen LogP) is 6.11. The third-order valence-electron chi connectivity index (χ3n) is 5.03. The molecular weight excluding hydrogens is 339 g/mol. The zero-order chi connectivity index (χ0) is 17.7. The van der Waals surface area contributed by atoms with E-state index in [2.05, 4.69) is 114 Å². The summed E-state index contributed by atoms with van der Waals surface area (Å²) in [6.07, 6.45) is 1.03. The molecule has 0 spiro atoms. The average Bonchev–Trinajstić information content (AvgIpc) is 2.69. The summed E-state index contributed by atoms with van der Waals surface area (Å²) in [5.74, 6) is 1.22. The molecule has 3 rings (SSSR count). The molecule has 0 aromatic heterocycles. The van der Waals surface area contributed by atoms with Crippen LogP contribution in [0.3, 0.4) is 0 Å². The Morgan fingerprint density at radius 1 is 0.760 bits per heavy atom. The first kappa shape index (κ1) is 18.2. The monoisotopic (exact) mass is 364 g/mol.